The summed E-state index contributed by atoms with van der Waals surface area (Å²) in [6.45, 7) is 11.9. The summed E-state index contributed by atoms with van der Waals surface area (Å²) in [5.41, 5.74) is 6.78. The third kappa shape index (κ3) is 3.59. The molecule has 0 radical (unpaired) electrons. The van der Waals surface area contributed by atoms with Crippen LogP contribution >= 0.6 is 0 Å². The van der Waals surface area contributed by atoms with Crippen molar-refractivity contribution in [2.45, 2.75) is 117 Å². The smallest absolute Gasteiger partial charge is 0.0602 e. The molecule has 4 N–H and O–H groups in total. The summed E-state index contributed by atoms with van der Waals surface area (Å²) in [4.78, 5) is 0. The summed E-state index contributed by atoms with van der Waals surface area (Å²) in [5, 5.41) is 21.9. The van der Waals surface area contributed by atoms with Crippen molar-refractivity contribution < 1.29 is 10.2 Å². The van der Waals surface area contributed by atoms with Crippen molar-refractivity contribution >= 4 is 0 Å². The lowest BCUT2D eigenvalue weighted by atomic mass is 9.43. The summed E-state index contributed by atoms with van der Waals surface area (Å²) >= 11 is 0. The van der Waals surface area contributed by atoms with E-state index in [1.807, 2.05) is 0 Å². The van der Waals surface area contributed by atoms with Gasteiger partial charge in [-0.25, -0.2) is 0 Å². The Morgan fingerprint density at radius 1 is 0.900 bits per heavy atom. The lowest BCUT2D eigenvalue weighted by Crippen LogP contribution is -2.58. The number of hydrogen-bond acceptors (Lipinski definition) is 3. The first kappa shape index (κ1) is 23.1. The Kier molecular flexibility index (Phi) is 6.41. The predicted octanol–water partition coefficient (Wildman–Crippen LogP) is 5.38. The zero-order valence-electron chi connectivity index (χ0n) is 20.3. The van der Waals surface area contributed by atoms with Gasteiger partial charge in [-0.2, -0.15) is 0 Å². The van der Waals surface area contributed by atoms with Gasteiger partial charge in [0, 0.05) is 6.04 Å². The van der Waals surface area contributed by atoms with Gasteiger partial charge in [0.05, 0.1) is 12.2 Å². The normalized spacial score (nSPS) is 50.5. The summed E-state index contributed by atoms with van der Waals surface area (Å²) in [5.74, 6) is 4.61. The second-order valence-electron chi connectivity index (χ2n) is 12.8. The minimum Gasteiger partial charge on any atom is -0.393 e. The Morgan fingerprint density at radius 3 is 2.33 bits per heavy atom. The molecule has 30 heavy (non-hydrogen) atoms. The summed E-state index contributed by atoms with van der Waals surface area (Å²) in [6, 6.07) is 0.301. The number of aliphatic hydroxyl groups is 2. The zero-order valence-corrected chi connectivity index (χ0v) is 20.3. The van der Waals surface area contributed by atoms with E-state index < -0.39 is 0 Å². The Morgan fingerprint density at radius 2 is 1.63 bits per heavy atom. The van der Waals surface area contributed by atoms with Gasteiger partial charge in [-0.1, -0.05) is 34.6 Å². The minimum atomic E-state index is -0.167. The maximum Gasteiger partial charge on any atom is 0.0602 e. The van der Waals surface area contributed by atoms with Gasteiger partial charge in [0.1, 0.15) is 0 Å². The molecule has 0 amide bonds. The molecule has 4 fully saturated rings. The lowest BCUT2D eigenvalue weighted by molar-refractivity contribution is -0.174. The third-order valence-corrected chi connectivity index (χ3v) is 11.3. The van der Waals surface area contributed by atoms with Crippen LogP contribution in [-0.4, -0.2) is 28.5 Å². The highest BCUT2D eigenvalue weighted by molar-refractivity contribution is 5.12. The first-order valence-electron chi connectivity index (χ1n) is 13.2. The predicted molar refractivity (Wildman–Crippen MR) is 124 cm³/mol. The van der Waals surface area contributed by atoms with Crippen LogP contribution in [-0.2, 0) is 0 Å². The Labute approximate surface area is 185 Å². The first-order valence-corrected chi connectivity index (χ1v) is 13.2. The van der Waals surface area contributed by atoms with E-state index in [0.29, 0.717) is 47.0 Å². The van der Waals surface area contributed by atoms with E-state index >= 15 is 0 Å². The number of nitrogens with two attached hydrogens (primary N) is 1. The van der Waals surface area contributed by atoms with E-state index in [1.165, 1.54) is 32.1 Å². The average Bonchev–Trinajstić information content (AvgIpc) is 3.06. The van der Waals surface area contributed by atoms with Crippen molar-refractivity contribution in [2.24, 2.45) is 58.0 Å². The molecule has 4 aliphatic carbocycles. The van der Waals surface area contributed by atoms with Gasteiger partial charge >= 0.3 is 0 Å². The van der Waals surface area contributed by atoms with Crippen LogP contribution in [0.4, 0.5) is 0 Å². The van der Waals surface area contributed by atoms with Crippen molar-refractivity contribution in [2.75, 3.05) is 0 Å². The monoisotopic (exact) mass is 419 g/mol. The van der Waals surface area contributed by atoms with Crippen molar-refractivity contribution in [3.63, 3.8) is 0 Å². The fourth-order valence-electron chi connectivity index (χ4n) is 9.15. The summed E-state index contributed by atoms with van der Waals surface area (Å²) < 4.78 is 0. The molecule has 3 heteroatoms. The van der Waals surface area contributed by atoms with Crippen LogP contribution in [0.25, 0.3) is 0 Å². The van der Waals surface area contributed by atoms with Gasteiger partial charge in [-0.05, 0) is 116 Å². The first-order chi connectivity index (χ1) is 14.1. The fourth-order valence-corrected chi connectivity index (χ4v) is 9.15. The highest BCUT2D eigenvalue weighted by atomic mass is 16.3. The number of rotatable bonds is 5. The van der Waals surface area contributed by atoms with Crippen molar-refractivity contribution in [1.29, 1.82) is 0 Å². The maximum absolute atomic E-state index is 11.6. The Hall–Kier alpha value is -0.120. The maximum atomic E-state index is 11.6. The van der Waals surface area contributed by atoms with Gasteiger partial charge in [-0.15, -0.1) is 0 Å². The van der Waals surface area contributed by atoms with Crippen LogP contribution in [0.1, 0.15) is 98.8 Å². The van der Waals surface area contributed by atoms with Crippen LogP contribution in [0, 0.1) is 52.3 Å². The van der Waals surface area contributed by atoms with Crippen LogP contribution in [0.15, 0.2) is 0 Å². The lowest BCUT2D eigenvalue weighted by Gasteiger charge is -2.62. The van der Waals surface area contributed by atoms with E-state index in [9.17, 15) is 10.2 Å². The molecule has 11 atom stereocenters. The van der Waals surface area contributed by atoms with E-state index in [1.54, 1.807) is 0 Å². The zero-order chi connectivity index (χ0) is 21.8. The molecule has 0 saturated heterocycles. The van der Waals surface area contributed by atoms with Gasteiger partial charge in [-0.3, -0.25) is 0 Å². The molecule has 4 rings (SSSR count). The van der Waals surface area contributed by atoms with Gasteiger partial charge < -0.3 is 15.9 Å². The van der Waals surface area contributed by atoms with Crippen LogP contribution in [0.3, 0.4) is 0 Å². The molecule has 0 aromatic rings. The second-order valence-corrected chi connectivity index (χ2v) is 12.8. The molecular formula is C27H49NO2. The topological polar surface area (TPSA) is 66.5 Å². The van der Waals surface area contributed by atoms with E-state index in [-0.39, 0.29) is 17.6 Å². The van der Waals surface area contributed by atoms with Gasteiger partial charge in [0.2, 0.25) is 0 Å². The number of fused-ring (bicyclic) bond motifs is 5. The molecule has 4 aliphatic rings. The highest BCUT2D eigenvalue weighted by Gasteiger charge is 2.63. The van der Waals surface area contributed by atoms with Crippen molar-refractivity contribution in [1.82, 2.24) is 0 Å². The van der Waals surface area contributed by atoms with Crippen LogP contribution in [0.2, 0.25) is 0 Å². The SMILES string of the molecule is CC(C)C(N)CC[C@@H](C)[C@H]1CC[C@H]2[C@@H]3CCC4CC(O)CC[C@]4(C)[C@H]3CC(O)[C@]12C. The van der Waals surface area contributed by atoms with Crippen LogP contribution < -0.4 is 5.73 Å². The molecule has 0 aliphatic heterocycles. The molecule has 4 unspecified atom stereocenters. The molecule has 4 saturated carbocycles. The molecule has 174 valence electrons. The van der Waals surface area contributed by atoms with Crippen LogP contribution in [0.5, 0.6) is 0 Å². The molecule has 0 aromatic carbocycles. The van der Waals surface area contributed by atoms with E-state index in [0.717, 1.165) is 38.0 Å². The average molecular weight is 420 g/mol. The van der Waals surface area contributed by atoms with Crippen molar-refractivity contribution in [3.05, 3.63) is 0 Å². The molecule has 0 bridgehead atoms. The van der Waals surface area contributed by atoms with E-state index in [2.05, 4.69) is 34.6 Å². The Balaban J connectivity index is 1.51. The molecular weight excluding hydrogens is 370 g/mol. The van der Waals surface area contributed by atoms with E-state index in [4.69, 9.17) is 5.73 Å². The third-order valence-electron chi connectivity index (χ3n) is 11.3. The summed E-state index contributed by atoms with van der Waals surface area (Å²) in [7, 11) is 0. The number of hydrogen-bond donors (Lipinski definition) is 3. The Bertz CT molecular complexity index is 608. The summed E-state index contributed by atoms with van der Waals surface area (Å²) in [6.07, 6.45) is 11.4. The fraction of sp³-hybridized carbons (Fsp3) is 1.00. The largest absolute Gasteiger partial charge is 0.393 e. The number of aliphatic hydroxyl groups excluding tert-OH is 2. The molecule has 0 heterocycles. The quantitative estimate of drug-likeness (QED) is 0.561. The van der Waals surface area contributed by atoms with Crippen molar-refractivity contribution in [3.8, 4) is 0 Å². The second kappa shape index (κ2) is 8.34. The molecule has 3 nitrogen and oxygen atoms in total. The van der Waals surface area contributed by atoms with Gasteiger partial charge in [0.25, 0.3) is 0 Å². The minimum absolute atomic E-state index is 0.0832. The standard InChI is InChI=1S/C27H49NO2/c1-16(2)24(28)11-6-17(3)21-9-10-22-20-8-7-18-14-19(29)12-13-26(18,4)23(20)15-25(30)27(21,22)5/h16-25,29-30H,6-15,28H2,1-5H3/t17-,18?,19?,20+,21-,22+,23+,24?,25?,26+,27-/m1/s1. The molecule has 0 spiro atoms. The highest BCUT2D eigenvalue weighted by Crippen LogP contribution is 2.68. The van der Waals surface area contributed by atoms with Gasteiger partial charge in [0.15, 0.2) is 0 Å². The molecule has 0 aromatic heterocycles.